The van der Waals surface area contributed by atoms with Crippen LogP contribution in [-0.4, -0.2) is 29.4 Å². The highest BCUT2D eigenvalue weighted by molar-refractivity contribution is 9.10. The second-order valence-electron chi connectivity index (χ2n) is 6.32. The van der Waals surface area contributed by atoms with Gasteiger partial charge < -0.3 is 5.32 Å². The molecule has 144 valence electrons. The number of likely N-dealkylation sites (N-methyl/N-ethyl adjacent to an activating group) is 1. The van der Waals surface area contributed by atoms with Crippen LogP contribution in [0.5, 0.6) is 0 Å². The molecule has 28 heavy (non-hydrogen) atoms. The van der Waals surface area contributed by atoms with Gasteiger partial charge in [0.25, 0.3) is 0 Å². The summed E-state index contributed by atoms with van der Waals surface area (Å²) in [6, 6.07) is 13.6. The number of rotatable bonds is 6. The first-order valence-electron chi connectivity index (χ1n) is 8.54. The van der Waals surface area contributed by atoms with E-state index >= 15 is 0 Å². The monoisotopic (exact) mass is 445 g/mol. The number of pyridine rings is 1. The van der Waals surface area contributed by atoms with E-state index in [1.165, 1.54) is 12.1 Å². The van der Waals surface area contributed by atoms with Gasteiger partial charge in [0.2, 0.25) is 5.91 Å². The largest absolute Gasteiger partial charge is 0.325 e. The molecule has 0 fully saturated rings. The number of aromatic nitrogens is 1. The van der Waals surface area contributed by atoms with Crippen LogP contribution < -0.4 is 5.32 Å². The van der Waals surface area contributed by atoms with Crippen molar-refractivity contribution in [1.82, 2.24) is 9.88 Å². The van der Waals surface area contributed by atoms with E-state index in [4.69, 9.17) is 0 Å². The first kappa shape index (κ1) is 20.1. The molecular formula is C21H18BrF2N3O. The number of anilines is 1. The molecule has 0 aliphatic heterocycles. The van der Waals surface area contributed by atoms with Crippen molar-refractivity contribution in [3.05, 3.63) is 94.2 Å². The standard InChI is InChI=1S/C21H18BrF2N3O/c1-27(13-20(28)26-17-7-4-15(22)5-8-17)21(14-3-2-10-25-12-14)18-9-6-16(23)11-19(18)24/h2-12,21H,13H2,1H3,(H,26,28). The van der Waals surface area contributed by atoms with Crippen LogP contribution in [0.1, 0.15) is 17.2 Å². The van der Waals surface area contributed by atoms with Gasteiger partial charge in [0.1, 0.15) is 11.6 Å². The Kier molecular flexibility index (Phi) is 6.49. The van der Waals surface area contributed by atoms with Crippen LogP contribution >= 0.6 is 15.9 Å². The Morgan fingerprint density at radius 1 is 1.18 bits per heavy atom. The lowest BCUT2D eigenvalue weighted by Crippen LogP contribution is -2.34. The number of hydrogen-bond donors (Lipinski definition) is 1. The molecule has 1 atom stereocenters. The van der Waals surface area contributed by atoms with E-state index in [9.17, 15) is 13.6 Å². The van der Waals surface area contributed by atoms with Crippen LogP contribution in [0.3, 0.4) is 0 Å². The summed E-state index contributed by atoms with van der Waals surface area (Å²) in [6.07, 6.45) is 3.22. The summed E-state index contributed by atoms with van der Waals surface area (Å²) in [7, 11) is 1.71. The third kappa shape index (κ3) is 4.99. The number of carbonyl (C=O) groups excluding carboxylic acids is 1. The molecule has 1 unspecified atom stereocenters. The zero-order valence-electron chi connectivity index (χ0n) is 15.1. The highest BCUT2D eigenvalue weighted by Gasteiger charge is 2.24. The molecule has 1 amide bonds. The first-order valence-corrected chi connectivity index (χ1v) is 9.34. The van der Waals surface area contributed by atoms with E-state index in [1.54, 1.807) is 48.6 Å². The van der Waals surface area contributed by atoms with Crippen molar-refractivity contribution in [3.8, 4) is 0 Å². The fourth-order valence-corrected chi connectivity index (χ4v) is 3.25. The molecule has 0 saturated carbocycles. The van der Waals surface area contributed by atoms with Crippen LogP contribution in [0.25, 0.3) is 0 Å². The van der Waals surface area contributed by atoms with Gasteiger partial charge in [-0.3, -0.25) is 14.7 Å². The van der Waals surface area contributed by atoms with Gasteiger partial charge in [-0.25, -0.2) is 8.78 Å². The van der Waals surface area contributed by atoms with Crippen molar-refractivity contribution in [2.24, 2.45) is 0 Å². The lowest BCUT2D eigenvalue weighted by molar-refractivity contribution is -0.117. The van der Waals surface area contributed by atoms with Gasteiger partial charge in [-0.15, -0.1) is 0 Å². The Bertz CT molecular complexity index is 952. The smallest absolute Gasteiger partial charge is 0.238 e. The van der Waals surface area contributed by atoms with E-state index in [0.29, 0.717) is 11.3 Å². The molecular weight excluding hydrogens is 428 g/mol. The summed E-state index contributed by atoms with van der Waals surface area (Å²) in [4.78, 5) is 18.3. The van der Waals surface area contributed by atoms with Gasteiger partial charge in [-0.2, -0.15) is 0 Å². The van der Waals surface area contributed by atoms with Crippen molar-refractivity contribution < 1.29 is 13.6 Å². The van der Waals surface area contributed by atoms with Gasteiger partial charge in [0.15, 0.2) is 0 Å². The molecule has 7 heteroatoms. The van der Waals surface area contributed by atoms with E-state index in [1.807, 2.05) is 12.1 Å². The molecule has 1 aromatic heterocycles. The molecule has 0 spiro atoms. The predicted octanol–water partition coefficient (Wildman–Crippen LogP) is 4.78. The highest BCUT2D eigenvalue weighted by atomic mass is 79.9. The summed E-state index contributed by atoms with van der Waals surface area (Å²) in [5.74, 6) is -1.57. The summed E-state index contributed by atoms with van der Waals surface area (Å²) >= 11 is 3.35. The van der Waals surface area contributed by atoms with Crippen molar-refractivity contribution in [1.29, 1.82) is 0 Å². The molecule has 0 radical (unpaired) electrons. The van der Waals surface area contributed by atoms with E-state index < -0.39 is 17.7 Å². The Hall–Kier alpha value is -2.64. The van der Waals surface area contributed by atoms with E-state index in [-0.39, 0.29) is 18.0 Å². The van der Waals surface area contributed by atoms with Crippen molar-refractivity contribution in [3.63, 3.8) is 0 Å². The number of hydrogen-bond acceptors (Lipinski definition) is 3. The minimum absolute atomic E-state index is 0.00639. The maximum atomic E-state index is 14.5. The third-order valence-corrected chi connectivity index (χ3v) is 4.75. The molecule has 0 aliphatic carbocycles. The number of carbonyl (C=O) groups is 1. The van der Waals surface area contributed by atoms with Gasteiger partial charge in [-0.1, -0.05) is 28.1 Å². The van der Waals surface area contributed by atoms with Gasteiger partial charge in [-0.05, 0) is 49.0 Å². The fraction of sp³-hybridized carbons (Fsp3) is 0.143. The summed E-state index contributed by atoms with van der Waals surface area (Å²) in [5, 5.41) is 2.81. The highest BCUT2D eigenvalue weighted by Crippen LogP contribution is 2.29. The van der Waals surface area contributed by atoms with Crippen LogP contribution in [0.4, 0.5) is 14.5 Å². The maximum absolute atomic E-state index is 14.5. The molecule has 1 heterocycles. The Labute approximate surface area is 170 Å². The number of amides is 1. The molecule has 1 N–H and O–H groups in total. The molecule has 3 aromatic rings. The van der Waals surface area contributed by atoms with Gasteiger partial charge in [0, 0.05) is 34.2 Å². The second kappa shape index (κ2) is 9.03. The predicted molar refractivity (Wildman–Crippen MR) is 108 cm³/mol. The molecule has 4 nitrogen and oxygen atoms in total. The average Bonchev–Trinajstić information content (AvgIpc) is 2.66. The number of nitrogens with zero attached hydrogens (tertiary/aromatic N) is 2. The lowest BCUT2D eigenvalue weighted by atomic mass is 9.98. The number of halogens is 3. The SMILES string of the molecule is CN(CC(=O)Nc1ccc(Br)cc1)C(c1cccnc1)c1ccc(F)cc1F. The fourth-order valence-electron chi connectivity index (χ4n) is 2.98. The van der Waals surface area contributed by atoms with Crippen LogP contribution in [-0.2, 0) is 4.79 Å². The minimum atomic E-state index is -0.672. The van der Waals surface area contributed by atoms with Gasteiger partial charge >= 0.3 is 0 Å². The average molecular weight is 446 g/mol. The molecule has 2 aromatic carbocycles. The lowest BCUT2D eigenvalue weighted by Gasteiger charge is -2.28. The Morgan fingerprint density at radius 3 is 2.57 bits per heavy atom. The minimum Gasteiger partial charge on any atom is -0.325 e. The van der Waals surface area contributed by atoms with E-state index in [2.05, 4.69) is 26.2 Å². The second-order valence-corrected chi connectivity index (χ2v) is 7.24. The topological polar surface area (TPSA) is 45.2 Å². The zero-order valence-corrected chi connectivity index (χ0v) is 16.7. The summed E-state index contributed by atoms with van der Waals surface area (Å²) in [5.41, 5.74) is 1.63. The Morgan fingerprint density at radius 2 is 1.93 bits per heavy atom. The molecule has 3 rings (SSSR count). The molecule has 0 aliphatic rings. The van der Waals surface area contributed by atoms with Crippen molar-refractivity contribution in [2.75, 3.05) is 18.9 Å². The zero-order chi connectivity index (χ0) is 20.1. The first-order chi connectivity index (χ1) is 13.4. The third-order valence-electron chi connectivity index (χ3n) is 4.22. The number of benzene rings is 2. The van der Waals surface area contributed by atoms with Crippen molar-refractivity contribution >= 4 is 27.5 Å². The van der Waals surface area contributed by atoms with Crippen molar-refractivity contribution in [2.45, 2.75) is 6.04 Å². The van der Waals surface area contributed by atoms with Crippen LogP contribution in [0.2, 0.25) is 0 Å². The molecule has 0 bridgehead atoms. The normalized spacial score (nSPS) is 12.0. The number of nitrogens with one attached hydrogen (secondary N) is 1. The van der Waals surface area contributed by atoms with E-state index in [0.717, 1.165) is 10.5 Å². The summed E-state index contributed by atoms with van der Waals surface area (Å²) in [6.45, 7) is 0.00639. The Balaban J connectivity index is 1.83. The quantitative estimate of drug-likeness (QED) is 0.593. The van der Waals surface area contributed by atoms with Crippen LogP contribution in [0, 0.1) is 11.6 Å². The molecule has 0 saturated heterocycles. The van der Waals surface area contributed by atoms with Gasteiger partial charge in [0.05, 0.1) is 12.6 Å². The van der Waals surface area contributed by atoms with Crippen LogP contribution in [0.15, 0.2) is 71.5 Å². The summed E-state index contributed by atoms with van der Waals surface area (Å²) < 4.78 is 28.7. The maximum Gasteiger partial charge on any atom is 0.238 e.